The molecule has 0 saturated heterocycles. The van der Waals surface area contributed by atoms with Crippen LogP contribution >= 0.6 is 0 Å². The van der Waals surface area contributed by atoms with Gasteiger partial charge in [-0.2, -0.15) is 0 Å². The van der Waals surface area contributed by atoms with Crippen LogP contribution < -0.4 is 0 Å². The van der Waals surface area contributed by atoms with E-state index in [0.717, 1.165) is 57.8 Å². The fraction of sp³-hybridized carbons (Fsp3) is 0.879. The highest BCUT2D eigenvalue weighted by atomic mass is 16.5. The molecule has 1 N–H and O–H groups in total. The van der Waals surface area contributed by atoms with Gasteiger partial charge in [0.15, 0.2) is 0 Å². The number of hydrogen-bond donors (Lipinski definition) is 1. The Morgan fingerprint density at radius 2 is 0.973 bits per heavy atom. The highest BCUT2D eigenvalue weighted by Gasteiger charge is 2.14. The van der Waals surface area contributed by atoms with Gasteiger partial charge in [-0.15, -0.1) is 0 Å². The monoisotopic (exact) mass is 522 g/mol. The lowest BCUT2D eigenvalue weighted by Gasteiger charge is -2.18. The number of ether oxygens (including phenoxy) is 1. The van der Waals surface area contributed by atoms with Crippen molar-refractivity contribution in [1.29, 1.82) is 0 Å². The second-order valence-corrected chi connectivity index (χ2v) is 11.0. The standard InChI is InChI=1S/C33H62O4/c1-3-5-7-9-11-12-13-14-15-16-18-20-26-30-33(36)37-31(27-23-19-17-10-8-6-4-2)28-24-21-22-25-29-32(34)35/h12-13,31H,3-11,14-30H2,1-2H3,(H,34,35)/b13-12-. The van der Waals surface area contributed by atoms with Gasteiger partial charge in [0.2, 0.25) is 0 Å². The van der Waals surface area contributed by atoms with E-state index in [1.807, 2.05) is 0 Å². The summed E-state index contributed by atoms with van der Waals surface area (Å²) in [6.45, 7) is 4.50. The first kappa shape index (κ1) is 35.7. The number of carbonyl (C=O) groups excluding carboxylic acids is 1. The summed E-state index contributed by atoms with van der Waals surface area (Å²) in [6, 6.07) is 0. The van der Waals surface area contributed by atoms with Crippen molar-refractivity contribution < 1.29 is 19.4 Å². The molecule has 0 amide bonds. The minimum atomic E-state index is -0.712. The molecule has 0 spiro atoms. The summed E-state index contributed by atoms with van der Waals surface area (Å²) in [6.07, 6.45) is 33.6. The predicted molar refractivity (Wildman–Crippen MR) is 158 cm³/mol. The zero-order chi connectivity index (χ0) is 27.2. The first-order chi connectivity index (χ1) is 18.1. The summed E-state index contributed by atoms with van der Waals surface area (Å²) in [4.78, 5) is 23.1. The number of esters is 1. The molecule has 1 atom stereocenters. The van der Waals surface area contributed by atoms with E-state index in [4.69, 9.17) is 9.84 Å². The topological polar surface area (TPSA) is 63.6 Å². The van der Waals surface area contributed by atoms with Crippen molar-refractivity contribution in [3.63, 3.8) is 0 Å². The van der Waals surface area contributed by atoms with Crippen LogP contribution in [0, 0.1) is 0 Å². The molecule has 0 bridgehead atoms. The van der Waals surface area contributed by atoms with E-state index < -0.39 is 5.97 Å². The van der Waals surface area contributed by atoms with E-state index in [0.29, 0.717) is 6.42 Å². The Bertz CT molecular complexity index is 528. The lowest BCUT2D eigenvalue weighted by atomic mass is 10.0. The Balaban J connectivity index is 3.97. The average Bonchev–Trinajstić information content (AvgIpc) is 2.87. The molecule has 4 heteroatoms. The third kappa shape index (κ3) is 29.1. The number of carboxylic acid groups (broad SMARTS) is 1. The van der Waals surface area contributed by atoms with E-state index in [2.05, 4.69) is 26.0 Å². The predicted octanol–water partition coefficient (Wildman–Crippen LogP) is 10.7. The van der Waals surface area contributed by atoms with E-state index >= 15 is 0 Å². The number of carbonyl (C=O) groups is 2. The van der Waals surface area contributed by atoms with Crippen LogP contribution in [-0.4, -0.2) is 23.1 Å². The summed E-state index contributed by atoms with van der Waals surface area (Å²) < 4.78 is 5.91. The van der Waals surface area contributed by atoms with Crippen molar-refractivity contribution in [2.45, 2.75) is 187 Å². The summed E-state index contributed by atoms with van der Waals surface area (Å²) in [5, 5.41) is 8.78. The molecular weight excluding hydrogens is 460 g/mol. The van der Waals surface area contributed by atoms with Gasteiger partial charge in [-0.1, -0.05) is 116 Å². The van der Waals surface area contributed by atoms with Crippen LogP contribution in [-0.2, 0) is 14.3 Å². The van der Waals surface area contributed by atoms with Crippen molar-refractivity contribution in [2.75, 3.05) is 0 Å². The zero-order valence-electron chi connectivity index (χ0n) is 24.8. The van der Waals surface area contributed by atoms with Crippen LogP contribution in [0.3, 0.4) is 0 Å². The highest BCUT2D eigenvalue weighted by Crippen LogP contribution is 2.18. The van der Waals surface area contributed by atoms with Crippen LogP contribution in [0.5, 0.6) is 0 Å². The maximum Gasteiger partial charge on any atom is 0.306 e. The van der Waals surface area contributed by atoms with Gasteiger partial charge in [-0.25, -0.2) is 0 Å². The largest absolute Gasteiger partial charge is 0.481 e. The summed E-state index contributed by atoms with van der Waals surface area (Å²) >= 11 is 0. The molecule has 0 aromatic carbocycles. The van der Waals surface area contributed by atoms with Crippen molar-refractivity contribution in [3.8, 4) is 0 Å². The second kappa shape index (κ2) is 29.2. The molecule has 37 heavy (non-hydrogen) atoms. The first-order valence-corrected chi connectivity index (χ1v) is 16.2. The SMILES string of the molecule is CCCCCC/C=C\CCCCCCCC(=O)OC(CCCCCCCCC)CCCCCCC(=O)O. The van der Waals surface area contributed by atoms with Crippen molar-refractivity contribution in [3.05, 3.63) is 12.2 Å². The molecule has 0 radical (unpaired) electrons. The minimum Gasteiger partial charge on any atom is -0.481 e. The lowest BCUT2D eigenvalue weighted by Crippen LogP contribution is -2.18. The van der Waals surface area contributed by atoms with E-state index in [1.165, 1.54) is 96.3 Å². The molecule has 0 aliphatic heterocycles. The van der Waals surface area contributed by atoms with Gasteiger partial charge < -0.3 is 9.84 Å². The maximum absolute atomic E-state index is 12.5. The Morgan fingerprint density at radius 1 is 0.568 bits per heavy atom. The molecule has 0 heterocycles. The number of carboxylic acids is 1. The van der Waals surface area contributed by atoms with Crippen molar-refractivity contribution in [1.82, 2.24) is 0 Å². The second-order valence-electron chi connectivity index (χ2n) is 11.0. The Hall–Kier alpha value is -1.32. The van der Waals surface area contributed by atoms with Gasteiger partial charge in [0.05, 0.1) is 0 Å². The lowest BCUT2D eigenvalue weighted by molar-refractivity contribution is -0.150. The maximum atomic E-state index is 12.5. The van der Waals surface area contributed by atoms with Gasteiger partial charge in [-0.05, 0) is 64.2 Å². The molecule has 0 aliphatic rings. The normalized spacial score (nSPS) is 12.3. The summed E-state index contributed by atoms with van der Waals surface area (Å²) in [5.41, 5.74) is 0. The van der Waals surface area contributed by atoms with E-state index in [1.54, 1.807) is 0 Å². The first-order valence-electron chi connectivity index (χ1n) is 16.2. The minimum absolute atomic E-state index is 0.0233. The molecule has 0 rings (SSSR count). The van der Waals surface area contributed by atoms with E-state index in [-0.39, 0.29) is 18.5 Å². The van der Waals surface area contributed by atoms with Gasteiger partial charge in [0, 0.05) is 12.8 Å². The molecule has 0 aromatic rings. The van der Waals surface area contributed by atoms with Crippen LogP contribution in [0.2, 0.25) is 0 Å². The van der Waals surface area contributed by atoms with Crippen LogP contribution in [0.15, 0.2) is 12.2 Å². The highest BCUT2D eigenvalue weighted by molar-refractivity contribution is 5.69. The van der Waals surface area contributed by atoms with Crippen molar-refractivity contribution >= 4 is 11.9 Å². The molecule has 218 valence electrons. The fourth-order valence-corrected chi connectivity index (χ4v) is 4.82. The van der Waals surface area contributed by atoms with Gasteiger partial charge in [0.1, 0.15) is 6.10 Å². The number of rotatable bonds is 29. The van der Waals surface area contributed by atoms with Crippen LogP contribution in [0.25, 0.3) is 0 Å². The van der Waals surface area contributed by atoms with Crippen LogP contribution in [0.1, 0.15) is 181 Å². The third-order valence-electron chi connectivity index (χ3n) is 7.24. The quantitative estimate of drug-likeness (QED) is 0.0602. The number of hydrogen-bond acceptors (Lipinski definition) is 3. The summed E-state index contributed by atoms with van der Waals surface area (Å²) in [7, 11) is 0. The zero-order valence-corrected chi connectivity index (χ0v) is 24.8. The third-order valence-corrected chi connectivity index (χ3v) is 7.24. The van der Waals surface area contributed by atoms with Crippen LogP contribution in [0.4, 0.5) is 0 Å². The Kier molecular flexibility index (Phi) is 28.2. The molecule has 0 fully saturated rings. The fourth-order valence-electron chi connectivity index (χ4n) is 4.82. The summed E-state index contributed by atoms with van der Waals surface area (Å²) in [5.74, 6) is -0.736. The Morgan fingerprint density at radius 3 is 1.49 bits per heavy atom. The molecule has 0 saturated carbocycles. The molecule has 1 unspecified atom stereocenters. The molecule has 0 aliphatic carbocycles. The van der Waals surface area contributed by atoms with E-state index in [9.17, 15) is 9.59 Å². The molecule has 0 aromatic heterocycles. The number of unbranched alkanes of at least 4 members (excludes halogenated alkanes) is 18. The van der Waals surface area contributed by atoms with Gasteiger partial charge in [-0.3, -0.25) is 9.59 Å². The average molecular weight is 523 g/mol. The Labute approximate surface area is 230 Å². The molecule has 4 nitrogen and oxygen atoms in total. The smallest absolute Gasteiger partial charge is 0.306 e. The number of allylic oxidation sites excluding steroid dienone is 2. The number of aliphatic carboxylic acids is 1. The van der Waals surface area contributed by atoms with Gasteiger partial charge in [0.25, 0.3) is 0 Å². The van der Waals surface area contributed by atoms with Crippen molar-refractivity contribution in [2.24, 2.45) is 0 Å². The van der Waals surface area contributed by atoms with Gasteiger partial charge >= 0.3 is 11.9 Å². The molecular formula is C33H62O4.